The van der Waals surface area contributed by atoms with E-state index in [-0.39, 0.29) is 12.5 Å². The van der Waals surface area contributed by atoms with Gasteiger partial charge in [0, 0.05) is 25.6 Å². The van der Waals surface area contributed by atoms with Gasteiger partial charge in [0.15, 0.2) is 5.13 Å². The number of nitrogens with one attached hydrogen (secondary N) is 2. The van der Waals surface area contributed by atoms with Gasteiger partial charge < -0.3 is 15.7 Å². The van der Waals surface area contributed by atoms with Crippen LogP contribution in [-0.2, 0) is 0 Å². The predicted molar refractivity (Wildman–Crippen MR) is 74.1 cm³/mol. The molecule has 0 saturated carbocycles. The number of anilines is 1. The first-order valence-corrected chi connectivity index (χ1v) is 7.11. The zero-order valence-electron chi connectivity index (χ0n) is 10.9. The molecule has 0 aliphatic carbocycles. The van der Waals surface area contributed by atoms with E-state index in [1.807, 2.05) is 0 Å². The number of amides is 1. The number of hydrogen-bond donors (Lipinski definition) is 3. The average molecular weight is 271 g/mol. The Morgan fingerprint density at radius 1 is 1.56 bits per heavy atom. The number of rotatable bonds is 8. The highest BCUT2D eigenvalue weighted by molar-refractivity contribution is 7.13. The number of thiazole rings is 1. The minimum atomic E-state index is -0.146. The molecule has 1 heterocycles. The Kier molecular flexibility index (Phi) is 6.67. The number of carbonyl (C=O) groups excluding carboxylic acids is 1. The van der Waals surface area contributed by atoms with Gasteiger partial charge in [-0.05, 0) is 18.8 Å². The zero-order chi connectivity index (χ0) is 13.4. The molecule has 18 heavy (non-hydrogen) atoms. The van der Waals surface area contributed by atoms with E-state index in [0.717, 1.165) is 24.4 Å². The second-order valence-electron chi connectivity index (χ2n) is 4.16. The molecule has 1 aromatic rings. The fourth-order valence-electron chi connectivity index (χ4n) is 1.76. The van der Waals surface area contributed by atoms with Gasteiger partial charge in [-0.25, -0.2) is 4.98 Å². The van der Waals surface area contributed by atoms with Crippen LogP contribution in [0.4, 0.5) is 5.13 Å². The van der Waals surface area contributed by atoms with Crippen LogP contribution in [0.1, 0.15) is 36.7 Å². The molecule has 1 atom stereocenters. The van der Waals surface area contributed by atoms with Crippen LogP contribution >= 0.6 is 11.3 Å². The SMILES string of the molecule is CCCC(CCO)CNC(=O)c1csc(NC)n1. The summed E-state index contributed by atoms with van der Waals surface area (Å²) in [5.74, 6) is 0.193. The minimum Gasteiger partial charge on any atom is -0.396 e. The normalized spacial score (nSPS) is 12.2. The van der Waals surface area contributed by atoms with Crippen LogP contribution in [0.15, 0.2) is 5.38 Å². The maximum atomic E-state index is 11.8. The second-order valence-corrected chi connectivity index (χ2v) is 5.02. The van der Waals surface area contributed by atoms with E-state index in [1.165, 1.54) is 11.3 Å². The molecule has 5 nitrogen and oxygen atoms in total. The minimum absolute atomic E-state index is 0.146. The number of aliphatic hydroxyl groups excluding tert-OH is 1. The Bertz CT molecular complexity index is 362. The first kappa shape index (κ1) is 14.9. The fourth-order valence-corrected chi connectivity index (χ4v) is 2.41. The van der Waals surface area contributed by atoms with Crippen molar-refractivity contribution in [3.05, 3.63) is 11.1 Å². The highest BCUT2D eigenvalue weighted by Crippen LogP contribution is 2.14. The van der Waals surface area contributed by atoms with Gasteiger partial charge in [-0.15, -0.1) is 11.3 Å². The first-order chi connectivity index (χ1) is 8.71. The van der Waals surface area contributed by atoms with Crippen molar-refractivity contribution >= 4 is 22.4 Å². The van der Waals surface area contributed by atoms with Crippen molar-refractivity contribution in [1.82, 2.24) is 10.3 Å². The molecule has 1 rings (SSSR count). The van der Waals surface area contributed by atoms with Crippen molar-refractivity contribution in [3.63, 3.8) is 0 Å². The molecule has 0 aromatic carbocycles. The molecule has 0 aliphatic heterocycles. The maximum Gasteiger partial charge on any atom is 0.270 e. The summed E-state index contributed by atoms with van der Waals surface area (Å²) < 4.78 is 0. The van der Waals surface area contributed by atoms with E-state index in [9.17, 15) is 4.79 Å². The van der Waals surface area contributed by atoms with Crippen molar-refractivity contribution in [3.8, 4) is 0 Å². The monoisotopic (exact) mass is 271 g/mol. The highest BCUT2D eigenvalue weighted by Gasteiger charge is 2.13. The van der Waals surface area contributed by atoms with Gasteiger partial charge in [0.25, 0.3) is 5.91 Å². The molecule has 0 radical (unpaired) electrons. The molecule has 0 fully saturated rings. The van der Waals surface area contributed by atoms with Crippen molar-refractivity contribution in [2.75, 3.05) is 25.5 Å². The smallest absolute Gasteiger partial charge is 0.270 e. The summed E-state index contributed by atoms with van der Waals surface area (Å²) in [4.78, 5) is 16.0. The van der Waals surface area contributed by atoms with Crippen LogP contribution in [-0.4, -0.2) is 36.2 Å². The van der Waals surface area contributed by atoms with Crippen LogP contribution < -0.4 is 10.6 Å². The van der Waals surface area contributed by atoms with Crippen LogP contribution in [0.5, 0.6) is 0 Å². The lowest BCUT2D eigenvalue weighted by Gasteiger charge is -2.14. The van der Waals surface area contributed by atoms with E-state index in [4.69, 9.17) is 5.11 Å². The number of aliphatic hydroxyl groups is 1. The Morgan fingerprint density at radius 2 is 2.33 bits per heavy atom. The summed E-state index contributed by atoms with van der Waals surface area (Å²) in [6, 6.07) is 0. The van der Waals surface area contributed by atoms with Gasteiger partial charge in [0.05, 0.1) is 0 Å². The molecule has 0 bridgehead atoms. The summed E-state index contributed by atoms with van der Waals surface area (Å²) in [7, 11) is 1.78. The third-order valence-electron chi connectivity index (χ3n) is 2.74. The maximum absolute atomic E-state index is 11.8. The molecule has 3 N–H and O–H groups in total. The van der Waals surface area contributed by atoms with E-state index in [2.05, 4.69) is 22.5 Å². The van der Waals surface area contributed by atoms with Crippen LogP contribution in [0.25, 0.3) is 0 Å². The molecule has 1 amide bonds. The number of carbonyl (C=O) groups is 1. The lowest BCUT2D eigenvalue weighted by Crippen LogP contribution is -2.30. The average Bonchev–Trinajstić information content (AvgIpc) is 2.85. The summed E-state index contributed by atoms with van der Waals surface area (Å²) in [5, 5.41) is 17.2. The van der Waals surface area contributed by atoms with E-state index >= 15 is 0 Å². The zero-order valence-corrected chi connectivity index (χ0v) is 11.7. The van der Waals surface area contributed by atoms with Gasteiger partial charge in [0.2, 0.25) is 0 Å². The lowest BCUT2D eigenvalue weighted by molar-refractivity contribution is 0.0938. The lowest BCUT2D eigenvalue weighted by atomic mass is 10.0. The van der Waals surface area contributed by atoms with E-state index in [0.29, 0.717) is 18.2 Å². The second kappa shape index (κ2) is 8.05. The summed E-state index contributed by atoms with van der Waals surface area (Å²) >= 11 is 1.41. The summed E-state index contributed by atoms with van der Waals surface area (Å²) in [6.45, 7) is 2.87. The molecule has 6 heteroatoms. The molecule has 1 unspecified atom stereocenters. The fraction of sp³-hybridized carbons (Fsp3) is 0.667. The summed E-state index contributed by atoms with van der Waals surface area (Å²) in [6.07, 6.45) is 2.80. The van der Waals surface area contributed by atoms with Crippen molar-refractivity contribution in [2.45, 2.75) is 26.2 Å². The van der Waals surface area contributed by atoms with Crippen LogP contribution in [0.3, 0.4) is 0 Å². The van der Waals surface area contributed by atoms with Gasteiger partial charge in [-0.2, -0.15) is 0 Å². The Balaban J connectivity index is 2.43. The van der Waals surface area contributed by atoms with Gasteiger partial charge in [-0.1, -0.05) is 13.3 Å². The third-order valence-corrected chi connectivity index (χ3v) is 3.60. The molecular weight excluding hydrogens is 250 g/mol. The Labute approximate surface area is 112 Å². The quantitative estimate of drug-likeness (QED) is 0.673. The number of hydrogen-bond acceptors (Lipinski definition) is 5. The first-order valence-electron chi connectivity index (χ1n) is 6.23. The van der Waals surface area contributed by atoms with Crippen LogP contribution in [0.2, 0.25) is 0 Å². The third kappa shape index (κ3) is 4.62. The molecule has 0 saturated heterocycles. The molecule has 102 valence electrons. The largest absolute Gasteiger partial charge is 0.396 e. The Hall–Kier alpha value is -1.14. The highest BCUT2D eigenvalue weighted by atomic mass is 32.1. The van der Waals surface area contributed by atoms with Crippen molar-refractivity contribution in [1.29, 1.82) is 0 Å². The van der Waals surface area contributed by atoms with Gasteiger partial charge >= 0.3 is 0 Å². The topological polar surface area (TPSA) is 74.2 Å². The van der Waals surface area contributed by atoms with Gasteiger partial charge in [0.1, 0.15) is 5.69 Å². The van der Waals surface area contributed by atoms with Crippen LogP contribution in [0, 0.1) is 5.92 Å². The predicted octanol–water partition coefficient (Wildman–Crippen LogP) is 1.71. The van der Waals surface area contributed by atoms with E-state index in [1.54, 1.807) is 12.4 Å². The standard InChI is InChI=1S/C12H21N3O2S/c1-3-4-9(5-6-16)7-14-11(17)10-8-18-12(13-2)15-10/h8-9,16H,3-7H2,1-2H3,(H,13,15)(H,14,17). The van der Waals surface area contributed by atoms with E-state index < -0.39 is 0 Å². The molecule has 1 aromatic heterocycles. The number of aromatic nitrogens is 1. The molecule has 0 aliphatic rings. The Morgan fingerprint density at radius 3 is 2.89 bits per heavy atom. The van der Waals surface area contributed by atoms with Gasteiger partial charge in [-0.3, -0.25) is 4.79 Å². The van der Waals surface area contributed by atoms with Crippen molar-refractivity contribution in [2.24, 2.45) is 5.92 Å². The molecule has 0 spiro atoms. The summed E-state index contributed by atoms with van der Waals surface area (Å²) in [5.41, 5.74) is 0.448. The number of nitrogens with zero attached hydrogens (tertiary/aromatic N) is 1. The van der Waals surface area contributed by atoms with Crippen molar-refractivity contribution < 1.29 is 9.90 Å². The molecular formula is C12H21N3O2S.